The molecule has 7 heteroatoms. The van der Waals surface area contributed by atoms with E-state index in [1.54, 1.807) is 19.1 Å². The summed E-state index contributed by atoms with van der Waals surface area (Å²) in [4.78, 5) is 37.0. The zero-order chi connectivity index (χ0) is 20.8. The Morgan fingerprint density at radius 1 is 1.29 bits per heavy atom. The lowest BCUT2D eigenvalue weighted by atomic mass is 9.78. The summed E-state index contributed by atoms with van der Waals surface area (Å²) in [5.74, 6) is -1.45. The fraction of sp³-hybridized carbons (Fsp3) is 0.333. The molecule has 0 saturated heterocycles. The molecule has 0 aromatic heterocycles. The number of nitrogens with zero attached hydrogens (tertiary/aromatic N) is 1. The van der Waals surface area contributed by atoms with Gasteiger partial charge in [-0.25, -0.2) is 4.79 Å². The number of Topliss-reactive ketones (excluding diaryl/α,β-unsaturated/α-hetero) is 1. The maximum atomic E-state index is 12.7. The summed E-state index contributed by atoms with van der Waals surface area (Å²) in [7, 11) is 1.44. The summed E-state index contributed by atoms with van der Waals surface area (Å²) >= 11 is 0. The molecule has 1 aromatic rings. The van der Waals surface area contributed by atoms with Crippen molar-refractivity contribution in [1.82, 2.24) is 5.32 Å². The van der Waals surface area contributed by atoms with Crippen molar-refractivity contribution < 1.29 is 23.9 Å². The molecule has 1 heterocycles. The summed E-state index contributed by atoms with van der Waals surface area (Å²) in [6.07, 6.45) is 0.999. The molecule has 0 bridgehead atoms. The van der Waals surface area contributed by atoms with E-state index in [2.05, 4.69) is 5.32 Å². The molecule has 1 aliphatic heterocycles. The highest BCUT2D eigenvalue weighted by atomic mass is 16.5. The SMILES string of the molecule is CCOC(=O)C1=C(C=O)NC(CC)=C(C(C)=O)C1c1ccc(C#N)cc1OC. The maximum absolute atomic E-state index is 12.7. The van der Waals surface area contributed by atoms with E-state index in [4.69, 9.17) is 14.7 Å². The number of aldehydes is 1. The van der Waals surface area contributed by atoms with Crippen molar-refractivity contribution in [2.45, 2.75) is 33.1 Å². The molecule has 146 valence electrons. The predicted octanol–water partition coefficient (Wildman–Crippen LogP) is 2.52. The minimum Gasteiger partial charge on any atom is -0.496 e. The minimum absolute atomic E-state index is 0.0438. The monoisotopic (exact) mass is 382 g/mol. The van der Waals surface area contributed by atoms with Crippen LogP contribution in [0.25, 0.3) is 0 Å². The van der Waals surface area contributed by atoms with E-state index < -0.39 is 11.9 Å². The number of dihydropyridines is 1. The van der Waals surface area contributed by atoms with Crippen LogP contribution < -0.4 is 10.1 Å². The van der Waals surface area contributed by atoms with Gasteiger partial charge in [-0.1, -0.05) is 13.0 Å². The number of carbonyl (C=O) groups is 3. The molecule has 0 amide bonds. The molecule has 0 fully saturated rings. The molecule has 7 nitrogen and oxygen atoms in total. The highest BCUT2D eigenvalue weighted by Gasteiger charge is 2.39. The Balaban J connectivity index is 2.85. The smallest absolute Gasteiger partial charge is 0.337 e. The van der Waals surface area contributed by atoms with Gasteiger partial charge in [0.1, 0.15) is 5.75 Å². The second-order valence-corrected chi connectivity index (χ2v) is 6.09. The summed E-state index contributed by atoms with van der Waals surface area (Å²) < 4.78 is 10.6. The number of nitriles is 1. The first-order valence-electron chi connectivity index (χ1n) is 8.88. The number of allylic oxidation sites excluding steroid dienone is 3. The maximum Gasteiger partial charge on any atom is 0.337 e. The van der Waals surface area contributed by atoms with Crippen LogP contribution in [0.3, 0.4) is 0 Å². The van der Waals surface area contributed by atoms with Gasteiger partial charge in [-0.05, 0) is 32.4 Å². The number of ether oxygens (including phenoxy) is 2. The van der Waals surface area contributed by atoms with Crippen LogP contribution in [0, 0.1) is 11.3 Å². The normalized spacial score (nSPS) is 16.2. The Kier molecular flexibility index (Phi) is 6.72. The Bertz CT molecular complexity index is 921. The van der Waals surface area contributed by atoms with Crippen molar-refractivity contribution in [2.24, 2.45) is 0 Å². The van der Waals surface area contributed by atoms with Crippen molar-refractivity contribution in [2.75, 3.05) is 13.7 Å². The molecule has 2 rings (SSSR count). The largest absolute Gasteiger partial charge is 0.496 e. The van der Waals surface area contributed by atoms with E-state index in [9.17, 15) is 14.4 Å². The Morgan fingerprint density at radius 2 is 2.00 bits per heavy atom. The molecule has 0 aliphatic carbocycles. The van der Waals surface area contributed by atoms with Crippen molar-refractivity contribution in [1.29, 1.82) is 5.26 Å². The van der Waals surface area contributed by atoms with Gasteiger partial charge in [-0.3, -0.25) is 9.59 Å². The van der Waals surface area contributed by atoms with Crippen molar-refractivity contribution in [3.8, 4) is 11.8 Å². The first kappa shape index (κ1) is 20.9. The van der Waals surface area contributed by atoms with E-state index in [0.717, 1.165) is 0 Å². The first-order valence-corrected chi connectivity index (χ1v) is 8.88. The third-order valence-corrected chi connectivity index (χ3v) is 4.50. The summed E-state index contributed by atoms with van der Waals surface area (Å²) in [6, 6.07) is 6.77. The van der Waals surface area contributed by atoms with Gasteiger partial charge in [-0.15, -0.1) is 0 Å². The Hall–Kier alpha value is -3.40. The number of ketones is 1. The number of methoxy groups -OCH3 is 1. The molecule has 28 heavy (non-hydrogen) atoms. The highest BCUT2D eigenvalue weighted by molar-refractivity contribution is 6.05. The van der Waals surface area contributed by atoms with Crippen LogP contribution in [-0.2, 0) is 19.1 Å². The van der Waals surface area contributed by atoms with E-state index in [1.807, 2.05) is 13.0 Å². The summed E-state index contributed by atoms with van der Waals surface area (Å²) in [6.45, 7) is 5.03. The van der Waals surface area contributed by atoms with Crippen molar-refractivity contribution in [3.05, 3.63) is 51.9 Å². The molecule has 1 unspecified atom stereocenters. The van der Waals surface area contributed by atoms with Gasteiger partial charge in [0, 0.05) is 16.8 Å². The Morgan fingerprint density at radius 3 is 2.50 bits per heavy atom. The number of rotatable bonds is 7. The van der Waals surface area contributed by atoms with Crippen LogP contribution >= 0.6 is 0 Å². The molecule has 0 radical (unpaired) electrons. The molecule has 0 saturated carbocycles. The zero-order valence-electron chi connectivity index (χ0n) is 16.3. The van der Waals surface area contributed by atoms with E-state index >= 15 is 0 Å². The van der Waals surface area contributed by atoms with Crippen LogP contribution in [0.1, 0.15) is 44.2 Å². The van der Waals surface area contributed by atoms with Crippen LogP contribution in [0.4, 0.5) is 0 Å². The third kappa shape index (κ3) is 3.81. The fourth-order valence-electron chi connectivity index (χ4n) is 3.33. The molecule has 0 spiro atoms. The summed E-state index contributed by atoms with van der Waals surface area (Å²) in [5, 5.41) is 12.1. The van der Waals surface area contributed by atoms with Gasteiger partial charge >= 0.3 is 5.97 Å². The van der Waals surface area contributed by atoms with Crippen LogP contribution in [0.15, 0.2) is 40.7 Å². The topological polar surface area (TPSA) is 105 Å². The highest BCUT2D eigenvalue weighted by Crippen LogP contribution is 2.43. The molecule has 1 aromatic carbocycles. The second kappa shape index (κ2) is 9.00. The van der Waals surface area contributed by atoms with E-state index in [-0.39, 0.29) is 23.7 Å². The molecular weight excluding hydrogens is 360 g/mol. The predicted molar refractivity (Wildman–Crippen MR) is 101 cm³/mol. The van der Waals surface area contributed by atoms with Crippen molar-refractivity contribution in [3.63, 3.8) is 0 Å². The number of benzene rings is 1. The lowest BCUT2D eigenvalue weighted by molar-refractivity contribution is -0.139. The average molecular weight is 382 g/mol. The lowest BCUT2D eigenvalue weighted by Gasteiger charge is -2.31. The standard InChI is InChI=1S/C21H22N2O5/c1-5-15-18(12(3)25)19(14-8-7-13(10-22)9-17(14)27-4)20(16(11-24)23-15)21(26)28-6-2/h7-9,11,19,23H,5-6H2,1-4H3. The molecule has 1 atom stereocenters. The van der Waals surface area contributed by atoms with Gasteiger partial charge in [0.05, 0.1) is 42.5 Å². The Labute approximate surface area is 163 Å². The molecular formula is C21H22N2O5. The van der Waals surface area contributed by atoms with Crippen molar-refractivity contribution >= 4 is 18.0 Å². The number of carbonyl (C=O) groups excluding carboxylic acids is 3. The minimum atomic E-state index is -0.851. The number of hydrogen-bond acceptors (Lipinski definition) is 7. The lowest BCUT2D eigenvalue weighted by Crippen LogP contribution is -2.33. The number of nitrogens with one attached hydrogen (secondary N) is 1. The second-order valence-electron chi connectivity index (χ2n) is 6.09. The first-order chi connectivity index (χ1) is 13.4. The summed E-state index contributed by atoms with van der Waals surface area (Å²) in [5.41, 5.74) is 1.88. The number of esters is 1. The van der Waals surface area contributed by atoms with Crippen LogP contribution in [-0.4, -0.2) is 31.8 Å². The quantitative estimate of drug-likeness (QED) is 0.570. The van der Waals surface area contributed by atoms with Crippen LogP contribution in [0.2, 0.25) is 0 Å². The average Bonchev–Trinajstić information content (AvgIpc) is 2.71. The zero-order valence-corrected chi connectivity index (χ0v) is 16.3. The molecule has 1 aliphatic rings. The van der Waals surface area contributed by atoms with E-state index in [0.29, 0.717) is 40.9 Å². The van der Waals surface area contributed by atoms with Gasteiger partial charge in [0.2, 0.25) is 0 Å². The van der Waals surface area contributed by atoms with Gasteiger partial charge in [0.15, 0.2) is 12.1 Å². The van der Waals surface area contributed by atoms with E-state index in [1.165, 1.54) is 20.1 Å². The van der Waals surface area contributed by atoms with Gasteiger partial charge < -0.3 is 14.8 Å². The third-order valence-electron chi connectivity index (χ3n) is 4.50. The van der Waals surface area contributed by atoms with Gasteiger partial charge in [-0.2, -0.15) is 5.26 Å². The van der Waals surface area contributed by atoms with Gasteiger partial charge in [0.25, 0.3) is 0 Å². The molecule has 1 N–H and O–H groups in total. The number of hydrogen-bond donors (Lipinski definition) is 1. The van der Waals surface area contributed by atoms with Crippen LogP contribution in [0.5, 0.6) is 5.75 Å². The fourth-order valence-corrected chi connectivity index (χ4v) is 3.33.